The Kier molecular flexibility index (Phi) is 6.01. The summed E-state index contributed by atoms with van der Waals surface area (Å²) in [5, 5.41) is 12.5. The van der Waals surface area contributed by atoms with Crippen molar-refractivity contribution in [3.63, 3.8) is 0 Å². The Hall–Kier alpha value is -2.85. The van der Waals surface area contributed by atoms with E-state index < -0.39 is 17.6 Å². The molecule has 0 aliphatic carbocycles. The number of carbonyl (C=O) groups is 1. The van der Waals surface area contributed by atoms with E-state index in [9.17, 15) is 18.0 Å². The zero-order valence-electron chi connectivity index (χ0n) is 16.2. The van der Waals surface area contributed by atoms with Gasteiger partial charge >= 0.3 is 6.18 Å². The lowest BCUT2D eigenvalue weighted by Gasteiger charge is -2.08. The molecule has 4 rings (SSSR count). The van der Waals surface area contributed by atoms with Gasteiger partial charge in [0.2, 0.25) is 0 Å². The minimum atomic E-state index is -4.39. The maximum atomic E-state index is 12.8. The number of thioether (sulfide) groups is 1. The highest BCUT2D eigenvalue weighted by molar-refractivity contribution is 8.00. The molecule has 0 aliphatic rings. The molecule has 0 bridgehead atoms. The van der Waals surface area contributed by atoms with Crippen molar-refractivity contribution in [2.75, 3.05) is 0 Å². The Morgan fingerprint density at radius 1 is 1.13 bits per heavy atom. The van der Waals surface area contributed by atoms with E-state index in [1.54, 1.807) is 6.07 Å². The zero-order chi connectivity index (χ0) is 22.0. The summed E-state index contributed by atoms with van der Waals surface area (Å²) in [5.41, 5.74) is 1.15. The van der Waals surface area contributed by atoms with Crippen LogP contribution in [0.4, 0.5) is 13.2 Å². The lowest BCUT2D eigenvalue weighted by molar-refractivity contribution is -0.137. The molecule has 5 nitrogen and oxygen atoms in total. The molecule has 0 saturated heterocycles. The van der Waals surface area contributed by atoms with E-state index in [-0.39, 0.29) is 12.3 Å². The summed E-state index contributed by atoms with van der Waals surface area (Å²) >= 11 is 2.93. The predicted octanol–water partition coefficient (Wildman–Crippen LogP) is 5.83. The van der Waals surface area contributed by atoms with Gasteiger partial charge in [0, 0.05) is 23.2 Å². The second-order valence-corrected chi connectivity index (χ2v) is 9.06. The van der Waals surface area contributed by atoms with Crippen LogP contribution in [-0.4, -0.2) is 16.1 Å². The van der Waals surface area contributed by atoms with E-state index in [2.05, 4.69) is 15.5 Å². The fraction of sp³-hybridized carbons (Fsp3) is 0.190. The van der Waals surface area contributed by atoms with Crippen molar-refractivity contribution >= 4 is 40.0 Å². The minimum absolute atomic E-state index is 0.0796. The number of alkyl halides is 3. The zero-order valence-corrected chi connectivity index (χ0v) is 17.8. The number of benzene rings is 2. The number of furan rings is 1. The van der Waals surface area contributed by atoms with Gasteiger partial charge in [-0.3, -0.25) is 4.79 Å². The molecular formula is C21H16F3N3O2S2. The molecule has 0 atom stereocenters. The van der Waals surface area contributed by atoms with Crippen molar-refractivity contribution in [1.82, 2.24) is 15.5 Å². The summed E-state index contributed by atoms with van der Waals surface area (Å²) < 4.78 is 44.7. The molecule has 0 unspecified atom stereocenters. The average molecular weight is 464 g/mol. The van der Waals surface area contributed by atoms with Gasteiger partial charge in [0.1, 0.15) is 10.6 Å². The highest BCUT2D eigenvalue weighted by atomic mass is 32.2. The lowest BCUT2D eigenvalue weighted by Crippen LogP contribution is -2.23. The van der Waals surface area contributed by atoms with Crippen LogP contribution < -0.4 is 5.32 Å². The lowest BCUT2D eigenvalue weighted by atomic mass is 10.1. The van der Waals surface area contributed by atoms with Crippen LogP contribution in [0.5, 0.6) is 0 Å². The standard InChI is InChI=1S/C21H16F3N3O2S2/c1-12-26-27-20(31-12)30-11-16-15-4-2-3-5-17(15)29-18(16)19(28)25-10-13-6-8-14(9-7-13)21(22,23)24/h2-9H,10-11H2,1H3,(H,25,28). The third kappa shape index (κ3) is 4.91. The molecule has 2 heterocycles. The van der Waals surface area contributed by atoms with E-state index in [1.807, 2.05) is 25.1 Å². The highest BCUT2D eigenvalue weighted by Crippen LogP contribution is 2.33. The van der Waals surface area contributed by atoms with E-state index in [4.69, 9.17) is 4.42 Å². The van der Waals surface area contributed by atoms with Gasteiger partial charge in [-0.05, 0) is 30.7 Å². The summed E-state index contributed by atoms with van der Waals surface area (Å²) in [6.45, 7) is 1.95. The number of halogens is 3. The monoisotopic (exact) mass is 463 g/mol. The van der Waals surface area contributed by atoms with E-state index in [1.165, 1.54) is 35.2 Å². The number of nitrogens with one attached hydrogen (secondary N) is 1. The number of nitrogens with zero attached hydrogens (tertiary/aromatic N) is 2. The van der Waals surface area contributed by atoms with Gasteiger partial charge in [-0.15, -0.1) is 10.2 Å². The number of fused-ring (bicyclic) bond motifs is 1. The normalized spacial score (nSPS) is 11.7. The third-order valence-corrected chi connectivity index (χ3v) is 6.48. The molecule has 0 spiro atoms. The molecule has 4 aromatic rings. The van der Waals surface area contributed by atoms with Crippen molar-refractivity contribution in [3.05, 3.63) is 76.0 Å². The maximum absolute atomic E-state index is 12.8. The Balaban J connectivity index is 1.51. The Morgan fingerprint density at radius 3 is 2.55 bits per heavy atom. The quantitative estimate of drug-likeness (QED) is 0.364. The first-order valence-electron chi connectivity index (χ1n) is 9.19. The minimum Gasteiger partial charge on any atom is -0.451 e. The van der Waals surface area contributed by atoms with Crippen molar-refractivity contribution in [3.8, 4) is 0 Å². The smallest absolute Gasteiger partial charge is 0.416 e. The SMILES string of the molecule is Cc1nnc(SCc2c(C(=O)NCc3ccc(C(F)(F)F)cc3)oc3ccccc23)s1. The van der Waals surface area contributed by atoms with Crippen molar-refractivity contribution < 1.29 is 22.4 Å². The largest absolute Gasteiger partial charge is 0.451 e. The van der Waals surface area contributed by atoms with Crippen LogP contribution >= 0.6 is 23.1 Å². The number of para-hydroxylation sites is 1. The maximum Gasteiger partial charge on any atom is 0.416 e. The number of carbonyl (C=O) groups excluding carboxylic acids is 1. The van der Waals surface area contributed by atoms with Crippen molar-refractivity contribution in [2.45, 2.75) is 29.7 Å². The van der Waals surface area contributed by atoms with Gasteiger partial charge in [-0.25, -0.2) is 0 Å². The summed E-state index contributed by atoms with van der Waals surface area (Å²) in [4.78, 5) is 12.8. The number of aromatic nitrogens is 2. The number of aryl methyl sites for hydroxylation is 1. The fourth-order valence-corrected chi connectivity index (χ4v) is 4.81. The van der Waals surface area contributed by atoms with E-state index in [0.29, 0.717) is 16.9 Å². The van der Waals surface area contributed by atoms with E-state index in [0.717, 1.165) is 32.4 Å². The first kappa shape index (κ1) is 21.4. The molecule has 2 aromatic carbocycles. The highest BCUT2D eigenvalue weighted by Gasteiger charge is 2.30. The van der Waals surface area contributed by atoms with Crippen LogP contribution in [0.3, 0.4) is 0 Å². The van der Waals surface area contributed by atoms with Gasteiger partial charge < -0.3 is 9.73 Å². The molecule has 31 heavy (non-hydrogen) atoms. The topological polar surface area (TPSA) is 68.0 Å². The molecular weight excluding hydrogens is 447 g/mol. The molecule has 2 aromatic heterocycles. The van der Waals surface area contributed by atoms with Crippen LogP contribution in [0.15, 0.2) is 57.3 Å². The Labute approximate surface area is 183 Å². The number of hydrogen-bond donors (Lipinski definition) is 1. The summed E-state index contributed by atoms with van der Waals surface area (Å²) in [6, 6.07) is 12.0. The molecule has 0 aliphatic heterocycles. The Bertz CT molecular complexity index is 1220. The Morgan fingerprint density at radius 2 is 1.87 bits per heavy atom. The van der Waals surface area contributed by atoms with Crippen LogP contribution in [0.1, 0.15) is 32.3 Å². The summed E-state index contributed by atoms with van der Waals surface area (Å²) in [7, 11) is 0. The van der Waals surface area contributed by atoms with Crippen LogP contribution in [0, 0.1) is 6.92 Å². The van der Waals surface area contributed by atoms with Crippen LogP contribution in [-0.2, 0) is 18.5 Å². The van der Waals surface area contributed by atoms with Crippen LogP contribution in [0.2, 0.25) is 0 Å². The first-order chi connectivity index (χ1) is 14.8. The number of rotatable bonds is 6. The van der Waals surface area contributed by atoms with Gasteiger partial charge in [0.25, 0.3) is 5.91 Å². The third-order valence-electron chi connectivity index (χ3n) is 4.49. The van der Waals surface area contributed by atoms with Crippen molar-refractivity contribution in [2.24, 2.45) is 0 Å². The predicted molar refractivity (Wildman–Crippen MR) is 113 cm³/mol. The first-order valence-corrected chi connectivity index (χ1v) is 11.0. The van der Waals surface area contributed by atoms with Gasteiger partial charge in [-0.1, -0.05) is 53.4 Å². The molecule has 0 radical (unpaired) electrons. The number of hydrogen-bond acceptors (Lipinski definition) is 6. The van der Waals surface area contributed by atoms with Crippen LogP contribution in [0.25, 0.3) is 11.0 Å². The molecule has 1 N–H and O–H groups in total. The fourth-order valence-electron chi connectivity index (χ4n) is 2.97. The molecule has 1 amide bonds. The molecule has 10 heteroatoms. The average Bonchev–Trinajstić information content (AvgIpc) is 3.33. The number of amides is 1. The van der Waals surface area contributed by atoms with Crippen molar-refractivity contribution in [1.29, 1.82) is 0 Å². The van der Waals surface area contributed by atoms with Gasteiger partial charge in [-0.2, -0.15) is 13.2 Å². The molecule has 0 saturated carbocycles. The van der Waals surface area contributed by atoms with E-state index >= 15 is 0 Å². The van der Waals surface area contributed by atoms with Gasteiger partial charge in [0.05, 0.1) is 5.56 Å². The molecule has 160 valence electrons. The van der Waals surface area contributed by atoms with Gasteiger partial charge in [0.15, 0.2) is 10.1 Å². The molecule has 0 fully saturated rings. The summed E-state index contributed by atoms with van der Waals surface area (Å²) in [5.74, 6) is 0.219. The second kappa shape index (κ2) is 8.72. The summed E-state index contributed by atoms with van der Waals surface area (Å²) in [6.07, 6.45) is -4.39. The second-order valence-electron chi connectivity index (χ2n) is 6.66.